The summed E-state index contributed by atoms with van der Waals surface area (Å²) in [5.74, 6) is 0.877. The second kappa shape index (κ2) is 11.3. The van der Waals surface area contributed by atoms with Gasteiger partial charge in [-0.3, -0.25) is 4.99 Å². The minimum absolute atomic E-state index is 0. The molecule has 1 fully saturated rings. The van der Waals surface area contributed by atoms with Crippen LogP contribution in [-0.4, -0.2) is 48.6 Å². The molecule has 2 rings (SSSR count). The Kier molecular flexibility index (Phi) is 10.1. The van der Waals surface area contributed by atoms with Crippen LogP contribution in [0, 0.1) is 13.8 Å². The maximum absolute atomic E-state index is 4.46. The Balaban J connectivity index is 0.00000288. The summed E-state index contributed by atoms with van der Waals surface area (Å²) in [7, 11) is 1.83. The standard InChI is InChI=1S/C17H31N5S.HI/c1-13-8-5-6-10-22(13)11-7-9-19-17(18-4)20-12-16-14(2)21-15(3)23-16;/h13H,5-12H2,1-4H3,(H2,18,19,20);1H. The van der Waals surface area contributed by atoms with E-state index in [1.165, 1.54) is 37.2 Å². The van der Waals surface area contributed by atoms with E-state index in [0.29, 0.717) is 0 Å². The number of aromatic nitrogens is 1. The Morgan fingerprint density at radius 3 is 2.75 bits per heavy atom. The molecule has 138 valence electrons. The first-order chi connectivity index (χ1) is 11.1. The molecule has 0 bridgehead atoms. The Bertz CT molecular complexity index is 517. The Morgan fingerprint density at radius 2 is 2.12 bits per heavy atom. The summed E-state index contributed by atoms with van der Waals surface area (Å²) in [6.07, 6.45) is 5.26. The number of guanidine groups is 1. The van der Waals surface area contributed by atoms with E-state index in [9.17, 15) is 0 Å². The topological polar surface area (TPSA) is 52.6 Å². The van der Waals surface area contributed by atoms with Crippen molar-refractivity contribution in [3.63, 3.8) is 0 Å². The van der Waals surface area contributed by atoms with Crippen molar-refractivity contribution < 1.29 is 0 Å². The van der Waals surface area contributed by atoms with Gasteiger partial charge in [0.05, 0.1) is 17.2 Å². The molecule has 24 heavy (non-hydrogen) atoms. The molecule has 0 saturated carbocycles. The smallest absolute Gasteiger partial charge is 0.191 e. The van der Waals surface area contributed by atoms with E-state index in [1.54, 1.807) is 11.3 Å². The van der Waals surface area contributed by atoms with Crippen LogP contribution in [0.4, 0.5) is 0 Å². The van der Waals surface area contributed by atoms with E-state index in [4.69, 9.17) is 0 Å². The molecule has 1 unspecified atom stereocenters. The Hall–Kier alpha value is -0.410. The molecule has 1 aromatic heterocycles. The van der Waals surface area contributed by atoms with Crippen molar-refractivity contribution in [3.05, 3.63) is 15.6 Å². The number of nitrogens with one attached hydrogen (secondary N) is 2. The number of hydrogen-bond acceptors (Lipinski definition) is 4. The van der Waals surface area contributed by atoms with Gasteiger partial charge in [-0.1, -0.05) is 6.42 Å². The molecular weight excluding hydrogens is 433 g/mol. The third-order valence-electron chi connectivity index (χ3n) is 4.49. The van der Waals surface area contributed by atoms with Crippen molar-refractivity contribution >= 4 is 41.3 Å². The predicted molar refractivity (Wildman–Crippen MR) is 115 cm³/mol. The van der Waals surface area contributed by atoms with Gasteiger partial charge >= 0.3 is 0 Å². The molecule has 2 N–H and O–H groups in total. The molecule has 1 saturated heterocycles. The quantitative estimate of drug-likeness (QED) is 0.293. The van der Waals surface area contributed by atoms with Crippen molar-refractivity contribution in [2.75, 3.05) is 26.7 Å². The molecule has 7 heteroatoms. The van der Waals surface area contributed by atoms with Crippen LogP contribution in [0.2, 0.25) is 0 Å². The van der Waals surface area contributed by atoms with E-state index >= 15 is 0 Å². The average Bonchev–Trinajstić information content (AvgIpc) is 2.86. The number of piperidine rings is 1. The highest BCUT2D eigenvalue weighted by molar-refractivity contribution is 14.0. The lowest BCUT2D eigenvalue weighted by atomic mass is 10.0. The monoisotopic (exact) mass is 465 g/mol. The van der Waals surface area contributed by atoms with Crippen LogP contribution in [0.3, 0.4) is 0 Å². The van der Waals surface area contributed by atoms with E-state index < -0.39 is 0 Å². The number of likely N-dealkylation sites (tertiary alicyclic amines) is 1. The zero-order valence-corrected chi connectivity index (χ0v) is 18.5. The number of rotatable bonds is 6. The zero-order chi connectivity index (χ0) is 16.7. The van der Waals surface area contributed by atoms with Crippen LogP contribution >= 0.6 is 35.3 Å². The molecule has 0 amide bonds. The second-order valence-corrected chi connectivity index (χ2v) is 7.62. The Labute approximate surface area is 167 Å². The van der Waals surface area contributed by atoms with Gasteiger partial charge in [0.2, 0.25) is 0 Å². The van der Waals surface area contributed by atoms with Crippen LogP contribution in [-0.2, 0) is 6.54 Å². The summed E-state index contributed by atoms with van der Waals surface area (Å²) in [6.45, 7) is 10.7. The highest BCUT2D eigenvalue weighted by Gasteiger charge is 2.17. The van der Waals surface area contributed by atoms with E-state index in [1.807, 2.05) is 7.05 Å². The fourth-order valence-electron chi connectivity index (χ4n) is 3.10. The predicted octanol–water partition coefficient (Wildman–Crippen LogP) is 3.31. The van der Waals surface area contributed by atoms with Gasteiger partial charge in [-0.15, -0.1) is 35.3 Å². The van der Waals surface area contributed by atoms with Crippen molar-refractivity contribution in [1.82, 2.24) is 20.5 Å². The van der Waals surface area contributed by atoms with Crippen LogP contribution < -0.4 is 10.6 Å². The summed E-state index contributed by atoms with van der Waals surface area (Å²) in [5.41, 5.74) is 1.12. The Morgan fingerprint density at radius 1 is 1.33 bits per heavy atom. The van der Waals surface area contributed by atoms with Crippen molar-refractivity contribution in [1.29, 1.82) is 0 Å². The van der Waals surface area contributed by atoms with E-state index in [-0.39, 0.29) is 24.0 Å². The minimum atomic E-state index is 0. The van der Waals surface area contributed by atoms with Gasteiger partial charge in [-0.2, -0.15) is 0 Å². The highest BCUT2D eigenvalue weighted by atomic mass is 127. The molecule has 1 aliphatic rings. The molecule has 1 aromatic rings. The van der Waals surface area contributed by atoms with Gasteiger partial charge in [-0.25, -0.2) is 4.98 Å². The first-order valence-corrected chi connectivity index (χ1v) is 9.53. The van der Waals surface area contributed by atoms with Gasteiger partial charge in [-0.05, 0) is 46.6 Å². The molecule has 2 heterocycles. The summed E-state index contributed by atoms with van der Waals surface area (Å²) in [5, 5.41) is 7.92. The lowest BCUT2D eigenvalue weighted by molar-refractivity contribution is 0.159. The van der Waals surface area contributed by atoms with Gasteiger partial charge in [0, 0.05) is 31.1 Å². The van der Waals surface area contributed by atoms with Crippen molar-refractivity contribution in [2.24, 2.45) is 4.99 Å². The average molecular weight is 465 g/mol. The summed E-state index contributed by atoms with van der Waals surface area (Å²) in [6, 6.07) is 0.749. The number of hydrogen-bond donors (Lipinski definition) is 2. The minimum Gasteiger partial charge on any atom is -0.356 e. The van der Waals surface area contributed by atoms with Gasteiger partial charge in [0.1, 0.15) is 0 Å². The molecule has 0 aromatic carbocycles. The normalized spacial score (nSPS) is 19.0. The van der Waals surface area contributed by atoms with E-state index in [0.717, 1.165) is 42.2 Å². The number of aryl methyl sites for hydroxylation is 2. The SMILES string of the molecule is CN=C(NCCCN1CCCCC1C)NCc1sc(C)nc1C.I. The number of halogens is 1. The van der Waals surface area contributed by atoms with Crippen molar-refractivity contribution in [3.8, 4) is 0 Å². The number of nitrogens with zero attached hydrogens (tertiary/aromatic N) is 3. The van der Waals surface area contributed by atoms with E-state index in [2.05, 4.69) is 46.3 Å². The lowest BCUT2D eigenvalue weighted by Crippen LogP contribution is -2.41. The fourth-order valence-corrected chi connectivity index (χ4v) is 3.98. The van der Waals surface area contributed by atoms with Gasteiger partial charge < -0.3 is 15.5 Å². The van der Waals surface area contributed by atoms with Gasteiger partial charge in [0.25, 0.3) is 0 Å². The maximum atomic E-state index is 4.46. The molecular formula is C17H32IN5S. The largest absolute Gasteiger partial charge is 0.356 e. The zero-order valence-electron chi connectivity index (χ0n) is 15.4. The van der Waals surface area contributed by atoms with Crippen LogP contribution in [0.15, 0.2) is 4.99 Å². The lowest BCUT2D eigenvalue weighted by Gasteiger charge is -2.33. The third kappa shape index (κ3) is 6.84. The first-order valence-electron chi connectivity index (χ1n) is 8.71. The third-order valence-corrected chi connectivity index (χ3v) is 5.57. The fraction of sp³-hybridized carbons (Fsp3) is 0.765. The molecule has 0 spiro atoms. The second-order valence-electron chi connectivity index (χ2n) is 6.33. The van der Waals surface area contributed by atoms with Crippen LogP contribution in [0.1, 0.15) is 48.2 Å². The van der Waals surface area contributed by atoms with Crippen LogP contribution in [0.25, 0.3) is 0 Å². The number of thiazole rings is 1. The highest BCUT2D eigenvalue weighted by Crippen LogP contribution is 2.17. The van der Waals surface area contributed by atoms with Crippen LogP contribution in [0.5, 0.6) is 0 Å². The molecule has 1 aliphatic heterocycles. The summed E-state index contributed by atoms with van der Waals surface area (Å²) in [4.78, 5) is 12.7. The molecule has 1 atom stereocenters. The number of aliphatic imine (C=N–C) groups is 1. The maximum Gasteiger partial charge on any atom is 0.191 e. The molecule has 0 radical (unpaired) electrons. The van der Waals surface area contributed by atoms with Gasteiger partial charge in [0.15, 0.2) is 5.96 Å². The van der Waals surface area contributed by atoms with Crippen molar-refractivity contribution in [2.45, 2.75) is 59.0 Å². The summed E-state index contributed by atoms with van der Waals surface area (Å²) >= 11 is 1.75. The molecule has 0 aliphatic carbocycles. The molecule has 5 nitrogen and oxygen atoms in total. The summed E-state index contributed by atoms with van der Waals surface area (Å²) < 4.78 is 0. The first kappa shape index (κ1) is 21.6.